The van der Waals surface area contributed by atoms with Gasteiger partial charge in [-0.25, -0.2) is 0 Å². The number of hydrogen-bond acceptors (Lipinski definition) is 2. The number of hydrogen-bond donors (Lipinski definition) is 2. The average Bonchev–Trinajstić information content (AvgIpc) is 3.28. The molecule has 0 spiro atoms. The smallest absolute Gasteiger partial charge is 0.303 e. The fourth-order valence-corrected chi connectivity index (χ4v) is 3.82. The summed E-state index contributed by atoms with van der Waals surface area (Å²) in [5, 5.41) is 17.8. The van der Waals surface area contributed by atoms with Crippen molar-refractivity contribution in [3.8, 4) is 0 Å². The SMILES string of the molecule is CC(CCCC1(CC(=O)O)CC1)CCCC1(CC(=O)O)CC1. The molecule has 4 heteroatoms. The van der Waals surface area contributed by atoms with Crippen LogP contribution in [-0.4, -0.2) is 22.2 Å². The Bertz CT molecular complexity index is 369. The Morgan fingerprint density at radius 1 is 0.864 bits per heavy atom. The maximum Gasteiger partial charge on any atom is 0.303 e. The first-order valence-electron chi connectivity index (χ1n) is 8.78. The third kappa shape index (κ3) is 5.62. The van der Waals surface area contributed by atoms with E-state index in [9.17, 15) is 9.59 Å². The van der Waals surface area contributed by atoms with E-state index in [1.807, 2.05) is 0 Å². The maximum absolute atomic E-state index is 10.8. The van der Waals surface area contributed by atoms with Crippen LogP contribution in [0.5, 0.6) is 0 Å². The molecule has 0 aromatic carbocycles. The van der Waals surface area contributed by atoms with Crippen LogP contribution in [0.2, 0.25) is 0 Å². The van der Waals surface area contributed by atoms with Crippen molar-refractivity contribution in [1.82, 2.24) is 0 Å². The minimum Gasteiger partial charge on any atom is -0.481 e. The van der Waals surface area contributed by atoms with E-state index in [0.717, 1.165) is 51.4 Å². The van der Waals surface area contributed by atoms with E-state index in [1.165, 1.54) is 12.8 Å². The molecule has 2 rings (SSSR count). The molecule has 0 atom stereocenters. The summed E-state index contributed by atoms with van der Waals surface area (Å²) >= 11 is 0. The second-order valence-electron chi connectivity index (χ2n) is 8.03. The first kappa shape index (κ1) is 17.3. The van der Waals surface area contributed by atoms with Crippen molar-refractivity contribution in [2.24, 2.45) is 16.7 Å². The van der Waals surface area contributed by atoms with Gasteiger partial charge in [0.1, 0.15) is 0 Å². The largest absolute Gasteiger partial charge is 0.481 e. The molecule has 0 bridgehead atoms. The predicted octanol–water partition coefficient (Wildman–Crippen LogP) is 4.47. The molecule has 126 valence electrons. The Kier molecular flexibility index (Phi) is 5.51. The highest BCUT2D eigenvalue weighted by atomic mass is 16.4. The van der Waals surface area contributed by atoms with Gasteiger partial charge in [-0.3, -0.25) is 9.59 Å². The van der Waals surface area contributed by atoms with Crippen LogP contribution >= 0.6 is 0 Å². The Balaban J connectivity index is 1.54. The van der Waals surface area contributed by atoms with Crippen molar-refractivity contribution in [3.05, 3.63) is 0 Å². The second-order valence-corrected chi connectivity index (χ2v) is 8.03. The summed E-state index contributed by atoms with van der Waals surface area (Å²) in [4.78, 5) is 21.7. The fourth-order valence-electron chi connectivity index (χ4n) is 3.82. The number of aliphatic carboxylic acids is 2. The summed E-state index contributed by atoms with van der Waals surface area (Å²) in [5.41, 5.74) is 0.260. The van der Waals surface area contributed by atoms with Crippen LogP contribution in [0.25, 0.3) is 0 Å². The Hall–Kier alpha value is -1.06. The van der Waals surface area contributed by atoms with E-state index in [0.29, 0.717) is 18.8 Å². The molecule has 0 heterocycles. The normalized spacial score (nSPS) is 20.8. The summed E-state index contributed by atoms with van der Waals surface area (Å²) in [6, 6.07) is 0. The monoisotopic (exact) mass is 310 g/mol. The van der Waals surface area contributed by atoms with Crippen LogP contribution in [-0.2, 0) is 9.59 Å². The molecule has 0 aromatic rings. The van der Waals surface area contributed by atoms with Gasteiger partial charge < -0.3 is 10.2 Å². The van der Waals surface area contributed by atoms with Crippen molar-refractivity contribution < 1.29 is 19.8 Å². The van der Waals surface area contributed by atoms with Crippen molar-refractivity contribution in [1.29, 1.82) is 0 Å². The predicted molar refractivity (Wildman–Crippen MR) is 84.7 cm³/mol. The Labute approximate surface area is 133 Å². The van der Waals surface area contributed by atoms with Crippen LogP contribution in [0.15, 0.2) is 0 Å². The zero-order valence-electron chi connectivity index (χ0n) is 13.8. The van der Waals surface area contributed by atoms with Crippen molar-refractivity contribution in [2.75, 3.05) is 0 Å². The van der Waals surface area contributed by atoms with Gasteiger partial charge in [0, 0.05) is 0 Å². The van der Waals surface area contributed by atoms with Crippen molar-refractivity contribution in [3.63, 3.8) is 0 Å². The maximum atomic E-state index is 10.8. The van der Waals surface area contributed by atoms with Gasteiger partial charge in [0.2, 0.25) is 0 Å². The van der Waals surface area contributed by atoms with Crippen molar-refractivity contribution >= 4 is 11.9 Å². The van der Waals surface area contributed by atoms with Crippen LogP contribution in [0.4, 0.5) is 0 Å². The summed E-state index contributed by atoms with van der Waals surface area (Å²) in [6.07, 6.45) is 11.8. The molecule has 0 aromatic heterocycles. The van der Waals surface area contributed by atoms with E-state index in [4.69, 9.17) is 10.2 Å². The summed E-state index contributed by atoms with van der Waals surface area (Å²) in [5.74, 6) is -0.640. The number of carbonyl (C=O) groups is 2. The van der Waals surface area contributed by atoms with Gasteiger partial charge >= 0.3 is 11.9 Å². The van der Waals surface area contributed by atoms with Crippen LogP contribution in [0.1, 0.15) is 84.0 Å². The summed E-state index contributed by atoms with van der Waals surface area (Å²) in [6.45, 7) is 2.27. The first-order chi connectivity index (χ1) is 10.3. The lowest BCUT2D eigenvalue weighted by Gasteiger charge is -2.17. The summed E-state index contributed by atoms with van der Waals surface area (Å²) < 4.78 is 0. The molecular weight excluding hydrogens is 280 g/mol. The number of rotatable bonds is 12. The van der Waals surface area contributed by atoms with Gasteiger partial charge in [-0.2, -0.15) is 0 Å². The Morgan fingerprint density at radius 3 is 1.50 bits per heavy atom. The number of carboxylic acids is 2. The highest BCUT2D eigenvalue weighted by molar-refractivity contribution is 5.68. The minimum atomic E-state index is -0.654. The van der Waals surface area contributed by atoms with E-state index >= 15 is 0 Å². The molecule has 2 fully saturated rings. The molecule has 0 radical (unpaired) electrons. The first-order valence-corrected chi connectivity index (χ1v) is 8.78. The molecule has 4 nitrogen and oxygen atoms in total. The van der Waals surface area contributed by atoms with Gasteiger partial charge in [0.05, 0.1) is 12.8 Å². The molecule has 2 aliphatic rings. The van der Waals surface area contributed by atoms with Crippen molar-refractivity contribution in [2.45, 2.75) is 84.0 Å². The molecule has 2 saturated carbocycles. The molecular formula is C18H30O4. The van der Waals surface area contributed by atoms with Crippen LogP contribution in [0, 0.1) is 16.7 Å². The molecule has 0 aliphatic heterocycles. The molecule has 2 aliphatic carbocycles. The highest BCUT2D eigenvalue weighted by Gasteiger charge is 2.44. The zero-order chi connectivity index (χ0) is 16.2. The van der Waals surface area contributed by atoms with E-state index < -0.39 is 11.9 Å². The van der Waals surface area contributed by atoms with Gasteiger partial charge in [0.25, 0.3) is 0 Å². The van der Waals surface area contributed by atoms with Gasteiger partial charge in [-0.05, 0) is 55.3 Å². The summed E-state index contributed by atoms with van der Waals surface area (Å²) in [7, 11) is 0. The molecule has 0 amide bonds. The molecule has 0 unspecified atom stereocenters. The third-order valence-corrected chi connectivity index (χ3v) is 5.77. The Morgan fingerprint density at radius 2 is 1.23 bits per heavy atom. The van der Waals surface area contributed by atoms with Crippen LogP contribution in [0.3, 0.4) is 0 Å². The van der Waals surface area contributed by atoms with Gasteiger partial charge in [0.15, 0.2) is 0 Å². The fraction of sp³-hybridized carbons (Fsp3) is 0.889. The lowest BCUT2D eigenvalue weighted by molar-refractivity contribution is -0.139. The zero-order valence-corrected chi connectivity index (χ0v) is 13.8. The van der Waals surface area contributed by atoms with E-state index in [2.05, 4.69) is 6.92 Å². The topological polar surface area (TPSA) is 74.6 Å². The second kappa shape index (κ2) is 7.01. The average molecular weight is 310 g/mol. The third-order valence-electron chi connectivity index (χ3n) is 5.77. The number of carboxylic acid groups (broad SMARTS) is 2. The van der Waals surface area contributed by atoms with Gasteiger partial charge in [-0.15, -0.1) is 0 Å². The van der Waals surface area contributed by atoms with E-state index in [1.54, 1.807) is 0 Å². The quantitative estimate of drug-likeness (QED) is 0.557. The molecule has 2 N–H and O–H groups in total. The minimum absolute atomic E-state index is 0.130. The highest BCUT2D eigenvalue weighted by Crippen LogP contribution is 2.54. The van der Waals surface area contributed by atoms with E-state index in [-0.39, 0.29) is 10.8 Å². The lowest BCUT2D eigenvalue weighted by atomic mass is 9.89. The standard InChI is InChI=1S/C18H30O4/c1-14(4-2-6-17(8-9-17)12-15(19)20)5-3-7-18(10-11-18)13-16(21)22/h14H,2-13H2,1H3,(H,19,20)(H,21,22). The molecule has 22 heavy (non-hydrogen) atoms. The molecule has 0 saturated heterocycles. The van der Waals surface area contributed by atoms with Gasteiger partial charge in [-0.1, -0.05) is 32.6 Å². The van der Waals surface area contributed by atoms with Crippen LogP contribution < -0.4 is 0 Å². The lowest BCUT2D eigenvalue weighted by Crippen LogP contribution is -2.10.